The van der Waals surface area contributed by atoms with Crippen molar-refractivity contribution >= 4 is 40.1 Å². The van der Waals surface area contributed by atoms with Crippen molar-refractivity contribution in [1.29, 1.82) is 0 Å². The molecule has 0 heterocycles. The van der Waals surface area contributed by atoms with E-state index in [9.17, 15) is 19.5 Å². The Labute approximate surface area is 239 Å². The van der Waals surface area contributed by atoms with Crippen LogP contribution in [0.5, 0.6) is 0 Å². The smallest absolute Gasteiger partial charge is 0.328 e. The van der Waals surface area contributed by atoms with Crippen LogP contribution in [0.2, 0.25) is 0 Å². The van der Waals surface area contributed by atoms with Crippen LogP contribution in [-0.4, -0.2) is 35.2 Å². The molecule has 4 aromatic carbocycles. The number of anilines is 2. The van der Waals surface area contributed by atoms with Crippen molar-refractivity contribution in [2.45, 2.75) is 52.9 Å². The topological polar surface area (TPSA) is 117 Å². The van der Waals surface area contributed by atoms with Crippen molar-refractivity contribution in [3.05, 3.63) is 107 Å². The maximum atomic E-state index is 13.6. The number of benzene rings is 4. The van der Waals surface area contributed by atoms with E-state index in [0.29, 0.717) is 12.1 Å². The van der Waals surface area contributed by atoms with Gasteiger partial charge >= 0.3 is 12.0 Å². The van der Waals surface area contributed by atoms with Crippen molar-refractivity contribution < 1.29 is 24.2 Å². The number of carboxylic acids is 1. The second kappa shape index (κ2) is 13.1. The van der Waals surface area contributed by atoms with E-state index < -0.39 is 30.1 Å². The summed E-state index contributed by atoms with van der Waals surface area (Å²) in [5, 5.41) is 19.9. The van der Waals surface area contributed by atoms with Gasteiger partial charge < -0.3 is 25.8 Å². The second-order valence-electron chi connectivity index (χ2n) is 10.1. The van der Waals surface area contributed by atoms with E-state index in [1.807, 2.05) is 87.5 Å². The summed E-state index contributed by atoms with van der Waals surface area (Å²) in [5.41, 5.74) is 4.90. The van der Waals surface area contributed by atoms with E-state index >= 15 is 0 Å². The number of aryl methyl sites for hydroxylation is 3. The molecule has 0 bridgehead atoms. The fourth-order valence-electron chi connectivity index (χ4n) is 4.94. The van der Waals surface area contributed by atoms with Gasteiger partial charge in [0, 0.05) is 5.69 Å². The zero-order valence-electron chi connectivity index (χ0n) is 23.7. The molecular weight excluding hydrogens is 518 g/mol. The highest BCUT2D eigenvalue weighted by atomic mass is 16.5. The molecule has 4 N–H and O–H groups in total. The number of rotatable bonds is 10. The predicted octanol–water partition coefficient (Wildman–Crippen LogP) is 6.59. The van der Waals surface area contributed by atoms with Crippen molar-refractivity contribution in [2.24, 2.45) is 0 Å². The van der Waals surface area contributed by atoms with E-state index in [2.05, 4.69) is 16.0 Å². The van der Waals surface area contributed by atoms with E-state index in [1.54, 1.807) is 19.1 Å². The van der Waals surface area contributed by atoms with Gasteiger partial charge in [-0.1, -0.05) is 79.2 Å². The first-order valence-corrected chi connectivity index (χ1v) is 13.5. The van der Waals surface area contributed by atoms with Gasteiger partial charge in [-0.15, -0.1) is 0 Å². The zero-order chi connectivity index (χ0) is 29.5. The van der Waals surface area contributed by atoms with Crippen LogP contribution in [0.4, 0.5) is 16.2 Å². The van der Waals surface area contributed by atoms with Crippen LogP contribution in [0.1, 0.15) is 46.0 Å². The van der Waals surface area contributed by atoms with Gasteiger partial charge in [0.05, 0.1) is 24.0 Å². The summed E-state index contributed by atoms with van der Waals surface area (Å²) in [6.45, 7) is 7.84. The van der Waals surface area contributed by atoms with Gasteiger partial charge in [0.1, 0.15) is 0 Å². The summed E-state index contributed by atoms with van der Waals surface area (Å²) in [5.74, 6) is -1.85. The van der Waals surface area contributed by atoms with Crippen LogP contribution < -0.4 is 16.0 Å². The van der Waals surface area contributed by atoms with Gasteiger partial charge in [-0.25, -0.2) is 9.59 Å². The van der Waals surface area contributed by atoms with Gasteiger partial charge in [-0.3, -0.25) is 4.79 Å². The van der Waals surface area contributed by atoms with Crippen molar-refractivity contribution in [3.63, 3.8) is 0 Å². The minimum Gasteiger partial charge on any atom is -0.480 e. The summed E-state index contributed by atoms with van der Waals surface area (Å²) >= 11 is 0. The van der Waals surface area contributed by atoms with E-state index in [1.165, 1.54) is 0 Å². The minimum absolute atomic E-state index is 0.139. The summed E-state index contributed by atoms with van der Waals surface area (Å²) in [7, 11) is 0. The molecule has 4 rings (SSSR count). The van der Waals surface area contributed by atoms with Gasteiger partial charge in [-0.05, 0) is 66.8 Å². The second-order valence-corrected chi connectivity index (χ2v) is 10.1. The molecule has 212 valence electrons. The third-order valence-corrected chi connectivity index (χ3v) is 6.93. The normalized spacial score (nSPS) is 12.4. The number of hydrogen-bond acceptors (Lipinski definition) is 4. The molecule has 2 atom stereocenters. The Morgan fingerprint density at radius 3 is 2.05 bits per heavy atom. The molecule has 0 saturated carbocycles. The number of aliphatic carboxylic acids is 1. The first-order valence-electron chi connectivity index (χ1n) is 13.5. The Bertz CT molecular complexity index is 1550. The number of carbonyl (C=O) groups excluding carboxylic acids is 2. The molecule has 8 heteroatoms. The summed E-state index contributed by atoms with van der Waals surface area (Å²) in [6.07, 6.45) is -0.408. The molecule has 0 saturated heterocycles. The molecule has 1 unspecified atom stereocenters. The monoisotopic (exact) mass is 553 g/mol. The SMILES string of the molecule is CC[C@@H](OCc1ccccc1)C(NC(=O)c1cc2ccccc2cc1NC(=O)Nc1c(C)cc(C)cc1C)C(=O)O. The molecule has 8 nitrogen and oxygen atoms in total. The van der Waals surface area contributed by atoms with Crippen LogP contribution in [0.3, 0.4) is 0 Å². The summed E-state index contributed by atoms with van der Waals surface area (Å²) in [6, 6.07) is 22.3. The Hall–Kier alpha value is -4.69. The maximum Gasteiger partial charge on any atom is 0.328 e. The lowest BCUT2D eigenvalue weighted by Gasteiger charge is -2.25. The lowest BCUT2D eigenvalue weighted by Crippen LogP contribution is -2.49. The number of ether oxygens (including phenoxy) is 1. The first kappa shape index (κ1) is 29.3. The molecule has 0 spiro atoms. The van der Waals surface area contributed by atoms with Gasteiger partial charge in [0.15, 0.2) is 6.04 Å². The third kappa shape index (κ3) is 7.29. The lowest BCUT2D eigenvalue weighted by molar-refractivity contribution is -0.144. The number of urea groups is 1. The lowest BCUT2D eigenvalue weighted by atomic mass is 10.0. The van der Waals surface area contributed by atoms with Gasteiger partial charge in [0.2, 0.25) is 0 Å². The van der Waals surface area contributed by atoms with Crippen molar-refractivity contribution in [3.8, 4) is 0 Å². The molecule has 4 aromatic rings. The number of hydrogen-bond donors (Lipinski definition) is 4. The van der Waals surface area contributed by atoms with Crippen LogP contribution in [0.25, 0.3) is 10.8 Å². The number of fused-ring (bicyclic) bond motifs is 1. The third-order valence-electron chi connectivity index (χ3n) is 6.93. The molecule has 0 aliphatic rings. The van der Waals surface area contributed by atoms with Crippen LogP contribution in [0.15, 0.2) is 78.9 Å². The van der Waals surface area contributed by atoms with E-state index in [-0.39, 0.29) is 17.9 Å². The van der Waals surface area contributed by atoms with Gasteiger partial charge in [0.25, 0.3) is 5.91 Å². The number of carboxylic acid groups (broad SMARTS) is 1. The quantitative estimate of drug-likeness (QED) is 0.177. The summed E-state index contributed by atoms with van der Waals surface area (Å²) < 4.78 is 5.92. The van der Waals surface area contributed by atoms with E-state index in [0.717, 1.165) is 33.0 Å². The Balaban J connectivity index is 1.59. The highest BCUT2D eigenvalue weighted by molar-refractivity contribution is 6.10. The fraction of sp³-hybridized carbons (Fsp3) is 0.242. The van der Waals surface area contributed by atoms with E-state index in [4.69, 9.17) is 4.74 Å². The van der Waals surface area contributed by atoms with Crippen LogP contribution >= 0.6 is 0 Å². The maximum absolute atomic E-state index is 13.6. The molecule has 0 fully saturated rings. The molecular formula is C33H35N3O5. The molecule has 41 heavy (non-hydrogen) atoms. The average Bonchev–Trinajstić information content (AvgIpc) is 2.94. The number of nitrogens with one attached hydrogen (secondary N) is 3. The number of carbonyl (C=O) groups is 3. The largest absolute Gasteiger partial charge is 0.480 e. The standard InChI is InChI=1S/C33H35N3O5/c1-5-28(41-19-23-11-7-6-8-12-23)30(32(38)39)35-31(37)26-17-24-13-9-10-14-25(24)18-27(26)34-33(40)36-29-21(3)15-20(2)16-22(29)4/h6-18,28,30H,5,19H2,1-4H3,(H,35,37)(H,38,39)(H2,34,36,40)/t28-,30?/m1/s1. The Morgan fingerprint density at radius 2 is 1.44 bits per heavy atom. The Morgan fingerprint density at radius 1 is 0.829 bits per heavy atom. The average molecular weight is 554 g/mol. The fourth-order valence-corrected chi connectivity index (χ4v) is 4.94. The van der Waals surface area contributed by atoms with Crippen LogP contribution in [-0.2, 0) is 16.1 Å². The van der Waals surface area contributed by atoms with Crippen LogP contribution in [0, 0.1) is 20.8 Å². The number of amides is 3. The highest BCUT2D eigenvalue weighted by Crippen LogP contribution is 2.26. The molecule has 0 aliphatic carbocycles. The first-order chi connectivity index (χ1) is 19.7. The predicted molar refractivity (Wildman–Crippen MR) is 161 cm³/mol. The highest BCUT2D eigenvalue weighted by Gasteiger charge is 2.31. The Kier molecular flexibility index (Phi) is 9.37. The van der Waals surface area contributed by atoms with Crippen molar-refractivity contribution in [1.82, 2.24) is 5.32 Å². The summed E-state index contributed by atoms with van der Waals surface area (Å²) in [4.78, 5) is 39.0. The molecule has 0 aliphatic heterocycles. The molecule has 0 radical (unpaired) electrons. The van der Waals surface area contributed by atoms with Crippen molar-refractivity contribution in [2.75, 3.05) is 10.6 Å². The van der Waals surface area contributed by atoms with Gasteiger partial charge in [-0.2, -0.15) is 0 Å². The molecule has 3 amide bonds. The molecule has 0 aromatic heterocycles. The minimum atomic E-state index is -1.30. The zero-order valence-corrected chi connectivity index (χ0v) is 23.7.